The van der Waals surface area contributed by atoms with Crippen molar-refractivity contribution in [3.8, 4) is 11.1 Å². The molecule has 2 heterocycles. The maximum absolute atomic E-state index is 14.4. The van der Waals surface area contributed by atoms with Crippen molar-refractivity contribution in [2.75, 3.05) is 20.1 Å². The SMILES string of the molecule is CN1C(=O)[C@H](CCCCN)CC(=O)[C@H](CCCN)NCc2cccc(c2)-c2ccc(Cl)cc2CNC(=O)[C@@H]1Cc1c[nH]c2ccccc12. The second-order valence-electron chi connectivity index (χ2n) is 12.8. The van der Waals surface area contributed by atoms with E-state index in [0.717, 1.165) is 45.1 Å². The highest BCUT2D eigenvalue weighted by Gasteiger charge is 2.34. The molecule has 0 saturated carbocycles. The van der Waals surface area contributed by atoms with Gasteiger partial charge >= 0.3 is 0 Å². The van der Waals surface area contributed by atoms with Gasteiger partial charge in [-0.25, -0.2) is 0 Å². The van der Waals surface area contributed by atoms with Crippen LogP contribution in [0.5, 0.6) is 0 Å². The second kappa shape index (κ2) is 16.9. The molecule has 5 rings (SSSR count). The van der Waals surface area contributed by atoms with Gasteiger partial charge < -0.3 is 32.0 Å². The molecule has 0 radical (unpaired) electrons. The van der Waals surface area contributed by atoms with Crippen molar-refractivity contribution < 1.29 is 14.4 Å². The van der Waals surface area contributed by atoms with Gasteiger partial charge in [-0.05, 0) is 90.9 Å². The van der Waals surface area contributed by atoms with Crippen LogP contribution in [-0.4, -0.2) is 59.7 Å². The van der Waals surface area contributed by atoms with Crippen LogP contribution in [0.1, 0.15) is 55.2 Å². The fourth-order valence-corrected chi connectivity index (χ4v) is 6.86. The monoisotopic (exact) mass is 670 g/mol. The topological polar surface area (TPSA) is 146 Å². The highest BCUT2D eigenvalue weighted by molar-refractivity contribution is 6.30. The third-order valence-corrected chi connectivity index (χ3v) is 9.64. The number of hydrogen-bond donors (Lipinski definition) is 5. The van der Waals surface area contributed by atoms with Crippen molar-refractivity contribution in [3.63, 3.8) is 0 Å². The number of nitrogens with zero attached hydrogens (tertiary/aromatic N) is 1. The van der Waals surface area contributed by atoms with Gasteiger partial charge in [0.25, 0.3) is 0 Å². The first-order chi connectivity index (χ1) is 23.3. The summed E-state index contributed by atoms with van der Waals surface area (Å²) in [5.41, 5.74) is 17.3. The largest absolute Gasteiger partial charge is 0.361 e. The van der Waals surface area contributed by atoms with Gasteiger partial charge in [0.05, 0.1) is 6.04 Å². The van der Waals surface area contributed by atoms with Crippen LogP contribution in [0.2, 0.25) is 5.02 Å². The smallest absolute Gasteiger partial charge is 0.243 e. The molecule has 10 heteroatoms. The summed E-state index contributed by atoms with van der Waals surface area (Å²) in [6.07, 6.45) is 5.47. The first-order valence-corrected chi connectivity index (χ1v) is 17.3. The maximum Gasteiger partial charge on any atom is 0.243 e. The molecule has 254 valence electrons. The number of ketones is 1. The van der Waals surface area contributed by atoms with Crippen LogP contribution in [0.25, 0.3) is 22.0 Å². The van der Waals surface area contributed by atoms with Crippen LogP contribution < -0.4 is 22.1 Å². The molecule has 0 saturated heterocycles. The molecular weight excluding hydrogens is 624 g/mol. The normalized spacial score (nSPS) is 19.6. The van der Waals surface area contributed by atoms with Crippen LogP contribution in [0.4, 0.5) is 0 Å². The highest BCUT2D eigenvalue weighted by atomic mass is 35.5. The van der Waals surface area contributed by atoms with Gasteiger partial charge in [-0.3, -0.25) is 14.4 Å². The lowest BCUT2D eigenvalue weighted by atomic mass is 9.90. The maximum atomic E-state index is 14.4. The summed E-state index contributed by atoms with van der Waals surface area (Å²) in [7, 11) is 1.68. The molecule has 9 nitrogen and oxygen atoms in total. The summed E-state index contributed by atoms with van der Waals surface area (Å²) in [4.78, 5) is 47.3. The molecule has 4 aromatic rings. The Labute approximate surface area is 287 Å². The summed E-state index contributed by atoms with van der Waals surface area (Å²) >= 11 is 6.46. The molecule has 1 aliphatic heterocycles. The van der Waals surface area contributed by atoms with Crippen molar-refractivity contribution in [2.45, 2.75) is 70.1 Å². The number of carbonyl (C=O) groups excluding carboxylic acids is 3. The number of para-hydroxylation sites is 1. The molecule has 0 aliphatic carbocycles. The Morgan fingerprint density at radius 1 is 0.896 bits per heavy atom. The predicted molar refractivity (Wildman–Crippen MR) is 192 cm³/mol. The van der Waals surface area contributed by atoms with E-state index in [1.54, 1.807) is 11.9 Å². The number of benzene rings is 3. The van der Waals surface area contributed by atoms with Crippen LogP contribution in [-0.2, 0) is 33.9 Å². The number of H-pyrrole nitrogens is 1. The fraction of sp³-hybridized carbons (Fsp3) is 0.395. The average Bonchev–Trinajstić information content (AvgIpc) is 3.51. The molecule has 0 fully saturated rings. The Morgan fingerprint density at radius 2 is 1.71 bits per heavy atom. The number of aromatic amines is 1. The summed E-state index contributed by atoms with van der Waals surface area (Å²) < 4.78 is 0. The Bertz CT molecular complexity index is 1720. The summed E-state index contributed by atoms with van der Waals surface area (Å²) in [5.74, 6) is -1.12. The van der Waals surface area contributed by atoms with E-state index in [0.29, 0.717) is 56.8 Å². The predicted octanol–water partition coefficient (Wildman–Crippen LogP) is 5.09. The standard InChI is InChI=1S/C38H47ClN6O3/c1-45-35(20-29-23-43-33-12-3-2-11-32(29)33)37(47)44-24-28-19-30(39)14-15-31(28)26-10-6-8-25(18-26)22-42-34(13-7-17-41)36(46)21-27(38(45)48)9-4-5-16-40/h2-3,6,8,10-12,14-15,18-19,23,27,34-35,42-43H,4-5,7,9,13,16-17,20-22,24,40-41H2,1H3,(H,44,47)/t27-,34+,35+/m1/s1. The number of hydrogen-bond acceptors (Lipinski definition) is 6. The number of nitrogens with one attached hydrogen (secondary N) is 3. The first-order valence-electron chi connectivity index (χ1n) is 16.9. The number of nitrogens with two attached hydrogens (primary N) is 2. The number of aromatic nitrogens is 1. The zero-order valence-electron chi connectivity index (χ0n) is 27.6. The number of likely N-dealkylation sites (N-methyl/N-ethyl adjacent to an activating group) is 1. The third kappa shape index (κ3) is 8.71. The average molecular weight is 671 g/mol. The summed E-state index contributed by atoms with van der Waals surface area (Å²) in [6, 6.07) is 20.4. The quantitative estimate of drug-likeness (QED) is 0.157. The lowest BCUT2D eigenvalue weighted by Crippen LogP contribution is -2.51. The Hall–Kier alpha value is -4.02. The van der Waals surface area contributed by atoms with E-state index in [4.69, 9.17) is 23.1 Å². The van der Waals surface area contributed by atoms with Gasteiger partial charge in [0, 0.05) is 61.0 Å². The van der Waals surface area contributed by atoms with Crippen LogP contribution in [0.3, 0.4) is 0 Å². The Kier molecular flexibility index (Phi) is 12.4. The molecule has 2 amide bonds. The summed E-state index contributed by atoms with van der Waals surface area (Å²) in [6.45, 7) is 1.67. The molecule has 1 aliphatic rings. The second-order valence-corrected chi connectivity index (χ2v) is 13.2. The minimum absolute atomic E-state index is 0.0268. The highest BCUT2D eigenvalue weighted by Crippen LogP contribution is 2.29. The number of Topliss-reactive ketones (excluding diaryl/α,β-unsaturated/α-hetero) is 1. The molecular formula is C38H47ClN6O3. The van der Waals surface area contributed by atoms with Crippen LogP contribution >= 0.6 is 11.6 Å². The van der Waals surface area contributed by atoms with Gasteiger partial charge in [0.2, 0.25) is 11.8 Å². The van der Waals surface area contributed by atoms with Crippen molar-refractivity contribution in [3.05, 3.63) is 94.6 Å². The van der Waals surface area contributed by atoms with Crippen molar-refractivity contribution in [1.82, 2.24) is 20.5 Å². The lowest BCUT2D eigenvalue weighted by molar-refractivity contribution is -0.143. The number of fused-ring (bicyclic) bond motifs is 5. The van der Waals surface area contributed by atoms with Crippen molar-refractivity contribution in [1.29, 1.82) is 0 Å². The molecule has 0 spiro atoms. The molecule has 3 atom stereocenters. The molecule has 48 heavy (non-hydrogen) atoms. The van der Waals surface area contributed by atoms with E-state index >= 15 is 0 Å². The van der Waals surface area contributed by atoms with Crippen molar-refractivity contribution in [2.24, 2.45) is 17.4 Å². The van der Waals surface area contributed by atoms with Gasteiger partial charge in [0.1, 0.15) is 6.04 Å². The van der Waals surface area contributed by atoms with Crippen LogP contribution in [0, 0.1) is 5.92 Å². The lowest BCUT2D eigenvalue weighted by Gasteiger charge is -2.31. The molecule has 0 unspecified atom stereocenters. The number of halogens is 1. The fourth-order valence-electron chi connectivity index (χ4n) is 6.67. The molecule has 1 aromatic heterocycles. The number of amides is 2. The molecule has 3 aromatic carbocycles. The zero-order valence-corrected chi connectivity index (χ0v) is 28.4. The van der Waals surface area contributed by atoms with Gasteiger partial charge in [-0.2, -0.15) is 0 Å². The van der Waals surface area contributed by atoms with Crippen LogP contribution in [0.15, 0.2) is 72.9 Å². The van der Waals surface area contributed by atoms with E-state index < -0.39 is 18.0 Å². The van der Waals surface area contributed by atoms with E-state index in [2.05, 4.69) is 21.7 Å². The van der Waals surface area contributed by atoms with Gasteiger partial charge in [0.15, 0.2) is 5.78 Å². The first kappa shape index (κ1) is 35.3. The van der Waals surface area contributed by atoms with Crippen molar-refractivity contribution >= 4 is 40.1 Å². The zero-order chi connectivity index (χ0) is 34.0. The third-order valence-electron chi connectivity index (χ3n) is 9.41. The van der Waals surface area contributed by atoms with E-state index in [1.807, 2.05) is 66.9 Å². The van der Waals surface area contributed by atoms with E-state index in [1.165, 1.54) is 0 Å². The minimum Gasteiger partial charge on any atom is -0.361 e. The number of carbonyl (C=O) groups is 3. The van der Waals surface area contributed by atoms with E-state index in [-0.39, 0.29) is 30.6 Å². The Morgan fingerprint density at radius 3 is 2.52 bits per heavy atom. The minimum atomic E-state index is -0.823. The van der Waals surface area contributed by atoms with Gasteiger partial charge in [-0.15, -0.1) is 0 Å². The summed E-state index contributed by atoms with van der Waals surface area (Å²) in [5, 5.41) is 8.16. The Balaban J connectivity index is 1.56. The van der Waals surface area contributed by atoms with E-state index in [9.17, 15) is 14.4 Å². The molecule has 2 bridgehead atoms. The molecule has 7 N–H and O–H groups in total. The number of rotatable bonds is 9. The number of unbranched alkanes of at least 4 members (excludes halogenated alkanes) is 1. The van der Waals surface area contributed by atoms with Gasteiger partial charge in [-0.1, -0.05) is 60.5 Å².